The van der Waals surface area contributed by atoms with Crippen LogP contribution in [0.4, 0.5) is 4.39 Å². The average molecular weight is 439 g/mol. The molecule has 0 spiro atoms. The molecule has 1 saturated heterocycles. The number of amides is 1. The van der Waals surface area contributed by atoms with Crippen molar-refractivity contribution in [3.05, 3.63) is 70.0 Å². The molecule has 156 valence electrons. The summed E-state index contributed by atoms with van der Waals surface area (Å²) in [6.45, 7) is 2.91. The lowest BCUT2D eigenvalue weighted by molar-refractivity contribution is -0.126. The molecule has 1 N–H and O–H groups in total. The lowest BCUT2D eigenvalue weighted by Crippen LogP contribution is -2.43. The Morgan fingerprint density at radius 3 is 2.55 bits per heavy atom. The van der Waals surface area contributed by atoms with E-state index in [0.29, 0.717) is 19.4 Å². The standard InChI is InChI=1S/C21H24ClFN2O3S/c1-15-4-2-5-16(12-15)13-24-21(26)17-8-10-25(11-9-17)29(27,28)14-18-19(22)6-3-7-20(18)23/h2-7,12,17H,8-11,13-14H2,1H3,(H,24,26). The number of hydrogen-bond acceptors (Lipinski definition) is 3. The number of halogens is 2. The Kier molecular flexibility index (Phi) is 6.93. The van der Waals surface area contributed by atoms with Crippen LogP contribution in [0.3, 0.4) is 0 Å². The summed E-state index contributed by atoms with van der Waals surface area (Å²) in [5, 5.41) is 3.03. The van der Waals surface area contributed by atoms with E-state index in [1.807, 2.05) is 31.2 Å². The molecular weight excluding hydrogens is 415 g/mol. The van der Waals surface area contributed by atoms with E-state index in [2.05, 4.69) is 5.32 Å². The third kappa shape index (κ3) is 5.56. The fourth-order valence-corrected chi connectivity index (χ4v) is 5.41. The number of benzene rings is 2. The van der Waals surface area contributed by atoms with E-state index in [1.54, 1.807) is 0 Å². The van der Waals surface area contributed by atoms with Gasteiger partial charge in [0.1, 0.15) is 5.82 Å². The second kappa shape index (κ2) is 9.24. The van der Waals surface area contributed by atoms with Gasteiger partial charge in [0.2, 0.25) is 15.9 Å². The molecule has 1 amide bonds. The zero-order chi connectivity index (χ0) is 21.0. The van der Waals surface area contributed by atoms with Crippen LogP contribution in [0.2, 0.25) is 5.02 Å². The first kappa shape index (κ1) is 21.7. The lowest BCUT2D eigenvalue weighted by Gasteiger charge is -2.30. The number of nitrogens with zero attached hydrogens (tertiary/aromatic N) is 1. The third-order valence-electron chi connectivity index (χ3n) is 5.16. The van der Waals surface area contributed by atoms with Crippen LogP contribution in [0, 0.1) is 18.7 Å². The van der Waals surface area contributed by atoms with Crippen LogP contribution in [-0.4, -0.2) is 31.7 Å². The molecule has 0 radical (unpaired) electrons. The predicted molar refractivity (Wildman–Crippen MR) is 111 cm³/mol. The van der Waals surface area contributed by atoms with Gasteiger partial charge >= 0.3 is 0 Å². The second-order valence-corrected chi connectivity index (χ2v) is 9.71. The van der Waals surface area contributed by atoms with Crippen LogP contribution in [0.1, 0.15) is 29.5 Å². The Balaban J connectivity index is 1.54. The zero-order valence-corrected chi connectivity index (χ0v) is 17.8. The van der Waals surface area contributed by atoms with E-state index in [4.69, 9.17) is 11.6 Å². The molecular formula is C21H24ClFN2O3S. The highest BCUT2D eigenvalue weighted by Gasteiger charge is 2.32. The molecule has 29 heavy (non-hydrogen) atoms. The van der Waals surface area contributed by atoms with E-state index < -0.39 is 21.6 Å². The topological polar surface area (TPSA) is 66.5 Å². The molecule has 2 aromatic rings. The summed E-state index contributed by atoms with van der Waals surface area (Å²) in [6.07, 6.45) is 0.869. The summed E-state index contributed by atoms with van der Waals surface area (Å²) in [4.78, 5) is 12.4. The van der Waals surface area contributed by atoms with E-state index >= 15 is 0 Å². The van der Waals surface area contributed by atoms with Gasteiger partial charge in [-0.1, -0.05) is 47.5 Å². The molecule has 2 aromatic carbocycles. The Labute approximate surface area is 175 Å². The predicted octanol–water partition coefficient (Wildman–Crippen LogP) is 3.65. The number of piperidine rings is 1. The molecule has 3 rings (SSSR count). The molecule has 8 heteroatoms. The number of carbonyl (C=O) groups is 1. The maximum absolute atomic E-state index is 13.9. The van der Waals surface area contributed by atoms with Crippen LogP contribution >= 0.6 is 11.6 Å². The fourth-order valence-electron chi connectivity index (χ4n) is 3.50. The van der Waals surface area contributed by atoms with Crippen LogP contribution < -0.4 is 5.32 Å². The Morgan fingerprint density at radius 1 is 1.21 bits per heavy atom. The number of nitrogens with one attached hydrogen (secondary N) is 1. The molecule has 5 nitrogen and oxygen atoms in total. The molecule has 0 atom stereocenters. The summed E-state index contributed by atoms with van der Waals surface area (Å²) < 4.78 is 40.6. The van der Waals surface area contributed by atoms with Crippen molar-refractivity contribution < 1.29 is 17.6 Å². The van der Waals surface area contributed by atoms with Crippen LogP contribution in [0.5, 0.6) is 0 Å². The number of rotatable bonds is 6. The summed E-state index contributed by atoms with van der Waals surface area (Å²) in [5.74, 6) is -1.42. The van der Waals surface area contributed by atoms with Gasteiger partial charge in [0, 0.05) is 36.1 Å². The summed E-state index contributed by atoms with van der Waals surface area (Å²) in [6, 6.07) is 12.0. The highest BCUT2D eigenvalue weighted by atomic mass is 35.5. The summed E-state index contributed by atoms with van der Waals surface area (Å²) in [5.41, 5.74) is 2.14. The molecule has 0 saturated carbocycles. The van der Waals surface area contributed by atoms with Crippen LogP contribution in [0.25, 0.3) is 0 Å². The van der Waals surface area contributed by atoms with Crippen molar-refractivity contribution in [1.29, 1.82) is 0 Å². The molecule has 0 bridgehead atoms. The quantitative estimate of drug-likeness (QED) is 0.748. The molecule has 1 aliphatic rings. The average Bonchev–Trinajstić information content (AvgIpc) is 2.69. The summed E-state index contributed by atoms with van der Waals surface area (Å²) >= 11 is 5.96. The molecule has 0 unspecified atom stereocenters. The van der Waals surface area contributed by atoms with Gasteiger partial charge in [0.25, 0.3) is 0 Å². The van der Waals surface area contributed by atoms with Gasteiger partial charge in [0.15, 0.2) is 0 Å². The first-order valence-electron chi connectivity index (χ1n) is 9.50. The van der Waals surface area contributed by atoms with Gasteiger partial charge in [-0.25, -0.2) is 17.1 Å². The highest BCUT2D eigenvalue weighted by Crippen LogP contribution is 2.26. The van der Waals surface area contributed by atoms with Crippen molar-refractivity contribution in [2.75, 3.05) is 13.1 Å². The Bertz CT molecular complexity index is 969. The van der Waals surface area contributed by atoms with Crippen molar-refractivity contribution in [2.24, 2.45) is 5.92 Å². The van der Waals surface area contributed by atoms with Crippen molar-refractivity contribution in [1.82, 2.24) is 9.62 Å². The molecule has 0 aromatic heterocycles. The molecule has 0 aliphatic carbocycles. The van der Waals surface area contributed by atoms with Gasteiger partial charge in [-0.2, -0.15) is 0 Å². The number of sulfonamides is 1. The van der Waals surface area contributed by atoms with Gasteiger partial charge in [0.05, 0.1) is 5.75 Å². The first-order valence-corrected chi connectivity index (χ1v) is 11.5. The van der Waals surface area contributed by atoms with Crippen LogP contribution in [-0.2, 0) is 27.1 Å². The lowest BCUT2D eigenvalue weighted by atomic mass is 9.97. The molecule has 1 heterocycles. The van der Waals surface area contributed by atoms with Gasteiger partial charge in [-0.3, -0.25) is 4.79 Å². The van der Waals surface area contributed by atoms with Gasteiger partial charge in [-0.15, -0.1) is 0 Å². The normalized spacial score (nSPS) is 16.0. The fraction of sp³-hybridized carbons (Fsp3) is 0.381. The number of carbonyl (C=O) groups excluding carboxylic acids is 1. The second-order valence-electron chi connectivity index (χ2n) is 7.34. The summed E-state index contributed by atoms with van der Waals surface area (Å²) in [7, 11) is -3.71. The van der Waals surface area contributed by atoms with Crippen molar-refractivity contribution in [3.63, 3.8) is 0 Å². The maximum atomic E-state index is 13.9. The third-order valence-corrected chi connectivity index (χ3v) is 7.32. The van der Waals surface area contributed by atoms with E-state index in [1.165, 1.54) is 22.5 Å². The smallest absolute Gasteiger partial charge is 0.223 e. The molecule has 1 aliphatic heterocycles. The number of hydrogen-bond donors (Lipinski definition) is 1. The zero-order valence-electron chi connectivity index (χ0n) is 16.2. The minimum Gasteiger partial charge on any atom is -0.352 e. The maximum Gasteiger partial charge on any atom is 0.223 e. The number of aryl methyl sites for hydroxylation is 1. The van der Waals surface area contributed by atoms with Crippen LogP contribution in [0.15, 0.2) is 42.5 Å². The van der Waals surface area contributed by atoms with Gasteiger partial charge < -0.3 is 5.32 Å². The SMILES string of the molecule is Cc1cccc(CNC(=O)C2CCN(S(=O)(=O)Cc3c(F)cccc3Cl)CC2)c1. The van der Waals surface area contributed by atoms with Crippen molar-refractivity contribution >= 4 is 27.5 Å². The van der Waals surface area contributed by atoms with Gasteiger partial charge in [-0.05, 0) is 37.5 Å². The first-order chi connectivity index (χ1) is 13.8. The monoisotopic (exact) mass is 438 g/mol. The largest absolute Gasteiger partial charge is 0.352 e. The molecule has 1 fully saturated rings. The van der Waals surface area contributed by atoms with Crippen molar-refractivity contribution in [2.45, 2.75) is 32.1 Å². The van der Waals surface area contributed by atoms with Crippen molar-refractivity contribution in [3.8, 4) is 0 Å². The van der Waals surface area contributed by atoms with E-state index in [0.717, 1.165) is 11.1 Å². The van der Waals surface area contributed by atoms with E-state index in [9.17, 15) is 17.6 Å². The Morgan fingerprint density at radius 2 is 1.90 bits per heavy atom. The highest BCUT2D eigenvalue weighted by molar-refractivity contribution is 7.88. The Hall–Kier alpha value is -1.96. The minimum absolute atomic E-state index is 0.0211. The minimum atomic E-state index is -3.71. The van der Waals surface area contributed by atoms with E-state index in [-0.39, 0.29) is 35.5 Å².